The van der Waals surface area contributed by atoms with Crippen LogP contribution in [0.2, 0.25) is 5.02 Å². The van der Waals surface area contributed by atoms with Crippen molar-refractivity contribution in [3.63, 3.8) is 0 Å². The number of benzene rings is 2. The van der Waals surface area contributed by atoms with Gasteiger partial charge in [-0.3, -0.25) is 9.36 Å². The van der Waals surface area contributed by atoms with Crippen molar-refractivity contribution in [1.29, 1.82) is 0 Å². The zero-order valence-electron chi connectivity index (χ0n) is 17.2. The molecule has 0 saturated heterocycles. The zero-order chi connectivity index (χ0) is 22.8. The second-order valence-corrected chi connectivity index (χ2v) is 7.54. The molecule has 0 bridgehead atoms. The first-order valence-corrected chi connectivity index (χ1v) is 10.3. The smallest absolute Gasteiger partial charge is 0.268 e. The number of pyridine rings is 1. The molecule has 0 fully saturated rings. The summed E-state index contributed by atoms with van der Waals surface area (Å²) in [6, 6.07) is 16.2. The number of hydrogen-bond acceptors (Lipinski definition) is 6. The fourth-order valence-corrected chi connectivity index (χ4v) is 3.95. The summed E-state index contributed by atoms with van der Waals surface area (Å²) in [6.07, 6.45) is 0.583. The molecule has 8 nitrogen and oxygen atoms in total. The summed E-state index contributed by atoms with van der Waals surface area (Å²) in [7, 11) is 0. The van der Waals surface area contributed by atoms with Gasteiger partial charge in [-0.2, -0.15) is 0 Å². The van der Waals surface area contributed by atoms with E-state index in [0.29, 0.717) is 28.2 Å². The van der Waals surface area contributed by atoms with E-state index >= 15 is 0 Å². The van der Waals surface area contributed by atoms with Gasteiger partial charge in [0.2, 0.25) is 5.95 Å². The van der Waals surface area contributed by atoms with Crippen LogP contribution in [0.4, 0.5) is 23.3 Å². The van der Waals surface area contributed by atoms with Gasteiger partial charge in [0, 0.05) is 11.4 Å². The van der Waals surface area contributed by atoms with Crippen molar-refractivity contribution >= 4 is 45.6 Å². The lowest BCUT2D eigenvalue weighted by Crippen LogP contribution is -2.26. The van der Waals surface area contributed by atoms with E-state index < -0.39 is 0 Å². The van der Waals surface area contributed by atoms with Crippen LogP contribution in [0.25, 0.3) is 21.3 Å². The van der Waals surface area contributed by atoms with Crippen LogP contribution < -0.4 is 22.3 Å². The minimum absolute atomic E-state index is 0.00408. The maximum absolute atomic E-state index is 13.6. The van der Waals surface area contributed by atoms with Crippen LogP contribution >= 0.6 is 11.6 Å². The Morgan fingerprint density at radius 1 is 1.16 bits per heavy atom. The molecule has 32 heavy (non-hydrogen) atoms. The minimum atomic E-state index is -0.388. The number of rotatable bonds is 5. The van der Waals surface area contributed by atoms with E-state index in [2.05, 4.69) is 20.1 Å². The van der Waals surface area contributed by atoms with Crippen LogP contribution in [0.1, 0.15) is 25.1 Å². The first-order valence-electron chi connectivity index (χ1n) is 9.91. The standard InChI is InChI=1S/C23H20ClN7O/c1-3-16(28-21-19(27-2)20(25)29-23(26)30-21)17-12-13-8-7-11-15(24)18(13)22(32)31(17)14-9-5-4-6-10-14/h4-12,16H,3H2,1H3,(H5,25,26,28,29,30)/t16-/m0/s1. The third-order valence-electron chi connectivity index (χ3n) is 5.16. The summed E-state index contributed by atoms with van der Waals surface area (Å²) in [5.74, 6) is 0.170. The molecule has 2 aromatic heterocycles. The van der Waals surface area contributed by atoms with Crippen molar-refractivity contribution in [2.45, 2.75) is 19.4 Å². The van der Waals surface area contributed by atoms with Crippen LogP contribution in [-0.4, -0.2) is 14.5 Å². The number of nitrogen functional groups attached to an aromatic ring is 2. The van der Waals surface area contributed by atoms with E-state index in [0.717, 1.165) is 5.39 Å². The van der Waals surface area contributed by atoms with Gasteiger partial charge in [0.05, 0.1) is 23.0 Å². The third-order valence-corrected chi connectivity index (χ3v) is 5.47. The summed E-state index contributed by atoms with van der Waals surface area (Å²) < 4.78 is 1.63. The minimum Gasteiger partial charge on any atom is -0.392 e. The Bertz CT molecular complexity index is 1410. The number of aromatic nitrogens is 3. The highest BCUT2D eigenvalue weighted by Gasteiger charge is 2.22. The Morgan fingerprint density at radius 3 is 2.59 bits per heavy atom. The summed E-state index contributed by atoms with van der Waals surface area (Å²) in [6.45, 7) is 9.42. The molecule has 0 spiro atoms. The molecule has 0 amide bonds. The molecule has 0 aliphatic rings. The summed E-state index contributed by atoms with van der Waals surface area (Å²) in [4.78, 5) is 25.1. The highest BCUT2D eigenvalue weighted by molar-refractivity contribution is 6.35. The maximum Gasteiger partial charge on any atom is 0.268 e. The van der Waals surface area contributed by atoms with Crippen molar-refractivity contribution in [3.05, 3.63) is 87.1 Å². The first-order chi connectivity index (χ1) is 15.4. The molecule has 5 N–H and O–H groups in total. The van der Waals surface area contributed by atoms with Gasteiger partial charge >= 0.3 is 0 Å². The van der Waals surface area contributed by atoms with E-state index in [9.17, 15) is 4.79 Å². The SMILES string of the molecule is [C-]#[N+]c1c(N)nc(N)nc1N[C@@H](CC)c1cc2cccc(Cl)c2c(=O)n1-c1ccccc1. The van der Waals surface area contributed by atoms with Gasteiger partial charge in [-0.15, -0.1) is 0 Å². The fourth-order valence-electron chi connectivity index (χ4n) is 3.69. The molecule has 2 heterocycles. The number of para-hydroxylation sites is 1. The molecule has 160 valence electrons. The molecule has 9 heteroatoms. The average molecular weight is 446 g/mol. The van der Waals surface area contributed by atoms with Crippen LogP contribution in [0.15, 0.2) is 59.4 Å². The van der Waals surface area contributed by atoms with Crippen LogP contribution in [0.3, 0.4) is 0 Å². The van der Waals surface area contributed by atoms with E-state index in [4.69, 9.17) is 29.6 Å². The van der Waals surface area contributed by atoms with Gasteiger partial charge in [0.1, 0.15) is 11.6 Å². The number of nitrogens with two attached hydrogens (primary N) is 2. The Balaban J connectivity index is 1.97. The summed E-state index contributed by atoms with van der Waals surface area (Å²) in [5, 5.41) is 4.79. The molecule has 0 unspecified atom stereocenters. The van der Waals surface area contributed by atoms with E-state index in [-0.39, 0.29) is 34.9 Å². The second-order valence-electron chi connectivity index (χ2n) is 7.13. The summed E-state index contributed by atoms with van der Waals surface area (Å²) in [5.41, 5.74) is 12.9. The Morgan fingerprint density at radius 2 is 1.91 bits per heavy atom. The number of nitrogens with zero attached hydrogens (tertiary/aromatic N) is 4. The summed E-state index contributed by atoms with van der Waals surface area (Å²) >= 11 is 6.38. The van der Waals surface area contributed by atoms with Gasteiger partial charge in [-0.25, -0.2) is 14.8 Å². The average Bonchev–Trinajstić information content (AvgIpc) is 2.77. The Hall–Kier alpha value is -4.09. The third kappa shape index (κ3) is 3.70. The van der Waals surface area contributed by atoms with E-state index in [1.54, 1.807) is 16.7 Å². The first kappa shape index (κ1) is 21.2. The lowest BCUT2D eigenvalue weighted by molar-refractivity contribution is 0.689. The number of fused-ring (bicyclic) bond motifs is 1. The molecular weight excluding hydrogens is 426 g/mol. The van der Waals surface area contributed by atoms with E-state index in [1.165, 1.54) is 0 Å². The monoisotopic (exact) mass is 445 g/mol. The highest BCUT2D eigenvalue weighted by atomic mass is 35.5. The lowest BCUT2D eigenvalue weighted by Gasteiger charge is -2.24. The van der Waals surface area contributed by atoms with Gasteiger partial charge in [-0.1, -0.05) is 48.9 Å². The molecule has 0 aliphatic carbocycles. The number of nitrogens with one attached hydrogen (secondary N) is 1. The van der Waals surface area contributed by atoms with Gasteiger partial charge in [-0.05, 0) is 36.1 Å². The quantitative estimate of drug-likeness (QED) is 0.383. The zero-order valence-corrected chi connectivity index (χ0v) is 18.0. The molecule has 4 rings (SSSR count). The molecule has 2 aromatic carbocycles. The maximum atomic E-state index is 13.6. The Kier molecular flexibility index (Phi) is 5.67. The molecule has 0 radical (unpaired) electrons. The second kappa shape index (κ2) is 8.57. The van der Waals surface area contributed by atoms with Crippen molar-refractivity contribution in [3.8, 4) is 5.69 Å². The van der Waals surface area contributed by atoms with Gasteiger partial charge in [0.25, 0.3) is 11.2 Å². The highest BCUT2D eigenvalue weighted by Crippen LogP contribution is 2.34. The normalized spacial score (nSPS) is 11.8. The van der Waals surface area contributed by atoms with Crippen LogP contribution in [0, 0.1) is 6.57 Å². The van der Waals surface area contributed by atoms with Crippen molar-refractivity contribution in [2.24, 2.45) is 0 Å². The van der Waals surface area contributed by atoms with Crippen LogP contribution in [0.5, 0.6) is 0 Å². The van der Waals surface area contributed by atoms with E-state index in [1.807, 2.05) is 49.4 Å². The number of anilines is 3. The lowest BCUT2D eigenvalue weighted by atomic mass is 10.0. The van der Waals surface area contributed by atoms with Crippen molar-refractivity contribution in [1.82, 2.24) is 14.5 Å². The van der Waals surface area contributed by atoms with Gasteiger partial charge in [0.15, 0.2) is 0 Å². The predicted octanol–water partition coefficient (Wildman–Crippen LogP) is 4.71. The fraction of sp³-hybridized carbons (Fsp3) is 0.130. The topological polar surface area (TPSA) is 116 Å². The number of halogens is 1. The molecule has 1 atom stereocenters. The molecule has 0 saturated carbocycles. The largest absolute Gasteiger partial charge is 0.392 e. The van der Waals surface area contributed by atoms with Crippen LogP contribution in [-0.2, 0) is 0 Å². The van der Waals surface area contributed by atoms with Crippen molar-refractivity contribution in [2.75, 3.05) is 16.8 Å². The molecular formula is C23H20ClN7O. The molecule has 4 aromatic rings. The molecule has 0 aliphatic heterocycles. The van der Waals surface area contributed by atoms with Gasteiger partial charge < -0.3 is 16.8 Å². The number of hydrogen-bond donors (Lipinski definition) is 3. The predicted molar refractivity (Wildman–Crippen MR) is 128 cm³/mol. The Labute approximate surface area is 189 Å². The van der Waals surface area contributed by atoms with Crippen molar-refractivity contribution < 1.29 is 0 Å².